The molecule has 0 bridgehead atoms. The lowest BCUT2D eigenvalue weighted by molar-refractivity contribution is 0.0674. The van der Waals surface area contributed by atoms with Gasteiger partial charge in [-0.15, -0.1) is 0 Å². The van der Waals surface area contributed by atoms with Gasteiger partial charge >= 0.3 is 0 Å². The molecule has 2 saturated heterocycles. The minimum Gasteiger partial charge on any atom is -0.441 e. The van der Waals surface area contributed by atoms with Gasteiger partial charge in [0.1, 0.15) is 11.6 Å². The molecule has 1 atom stereocenters. The maximum absolute atomic E-state index is 13.2. The van der Waals surface area contributed by atoms with Crippen molar-refractivity contribution < 1.29 is 13.6 Å². The number of hydrogen-bond donors (Lipinski definition) is 1. The zero-order valence-electron chi connectivity index (χ0n) is 20.8. The summed E-state index contributed by atoms with van der Waals surface area (Å²) >= 11 is 0. The van der Waals surface area contributed by atoms with Gasteiger partial charge in [-0.05, 0) is 99.6 Å². The number of aromatic nitrogens is 1. The second-order valence-electron chi connectivity index (χ2n) is 10.4. The van der Waals surface area contributed by atoms with Gasteiger partial charge in [-0.2, -0.15) is 0 Å². The van der Waals surface area contributed by atoms with Gasteiger partial charge in [-0.1, -0.05) is 12.1 Å². The van der Waals surface area contributed by atoms with Crippen LogP contribution in [0.25, 0.3) is 11.5 Å². The number of carbonyl (C=O) groups excluding carboxylic acids is 1. The lowest BCUT2D eigenvalue weighted by Crippen LogP contribution is -2.46. The Bertz CT molecular complexity index is 1240. The Morgan fingerprint density at radius 2 is 1.92 bits per heavy atom. The molecule has 3 aliphatic rings. The van der Waals surface area contributed by atoms with E-state index in [-0.39, 0.29) is 11.7 Å². The van der Waals surface area contributed by atoms with Crippen LogP contribution < -0.4 is 5.32 Å². The van der Waals surface area contributed by atoms with E-state index in [9.17, 15) is 9.18 Å². The maximum atomic E-state index is 13.2. The van der Waals surface area contributed by atoms with E-state index < -0.39 is 0 Å². The molecule has 0 saturated carbocycles. The number of amides is 1. The van der Waals surface area contributed by atoms with Gasteiger partial charge in [0.2, 0.25) is 5.89 Å². The molecular formula is C29H33FN4O2. The van der Waals surface area contributed by atoms with E-state index >= 15 is 0 Å². The Morgan fingerprint density at radius 1 is 1.11 bits per heavy atom. The van der Waals surface area contributed by atoms with E-state index in [1.165, 1.54) is 23.3 Å². The van der Waals surface area contributed by atoms with Crippen molar-refractivity contribution in [2.24, 2.45) is 0 Å². The molecule has 3 aliphatic heterocycles. The van der Waals surface area contributed by atoms with Crippen LogP contribution in [0, 0.1) is 12.7 Å². The Morgan fingerprint density at radius 3 is 2.67 bits per heavy atom. The topological polar surface area (TPSA) is 61.6 Å². The lowest BCUT2D eigenvalue weighted by Gasteiger charge is -2.32. The number of nitrogens with zero attached hydrogens (tertiary/aromatic N) is 3. The number of likely N-dealkylation sites (tertiary alicyclic amines) is 1. The van der Waals surface area contributed by atoms with Crippen molar-refractivity contribution in [1.82, 2.24) is 20.1 Å². The van der Waals surface area contributed by atoms with Crippen LogP contribution in [0.2, 0.25) is 0 Å². The first-order valence-corrected chi connectivity index (χ1v) is 13.1. The minimum absolute atomic E-state index is 0.197. The van der Waals surface area contributed by atoms with E-state index in [0.29, 0.717) is 17.9 Å². The van der Waals surface area contributed by atoms with Crippen LogP contribution >= 0.6 is 0 Å². The molecule has 188 valence electrons. The molecule has 0 spiro atoms. The highest BCUT2D eigenvalue weighted by molar-refractivity contribution is 5.98. The van der Waals surface area contributed by atoms with Crippen LogP contribution in [-0.2, 0) is 13.1 Å². The summed E-state index contributed by atoms with van der Waals surface area (Å²) in [5, 5.41) is 3.44. The van der Waals surface area contributed by atoms with E-state index in [1.54, 1.807) is 12.1 Å². The monoisotopic (exact) mass is 488 g/mol. The number of benzene rings is 2. The minimum atomic E-state index is -0.265. The maximum Gasteiger partial charge on any atom is 0.254 e. The number of rotatable bonds is 5. The number of halogens is 1. The van der Waals surface area contributed by atoms with Crippen molar-refractivity contribution in [1.29, 1.82) is 0 Å². The summed E-state index contributed by atoms with van der Waals surface area (Å²) in [4.78, 5) is 22.2. The number of piperidine rings is 2. The summed E-state index contributed by atoms with van der Waals surface area (Å²) in [6.07, 6.45) is 4.40. The van der Waals surface area contributed by atoms with Crippen LogP contribution in [0.4, 0.5) is 4.39 Å². The third kappa shape index (κ3) is 4.58. The summed E-state index contributed by atoms with van der Waals surface area (Å²) < 4.78 is 19.1. The molecule has 4 heterocycles. The highest BCUT2D eigenvalue weighted by Gasteiger charge is 2.34. The standard InChI is InChI=1S/C29H33FN4O2/c1-19-27(32-28(36-19)21-4-7-24(30)8-5-21)18-33-13-10-20(11-14-33)22-6-9-26-23(15-22)17-34(29(26)35)25-3-2-12-31-16-25/h4-9,15,20,25,31H,2-3,10-14,16-18H2,1H3. The van der Waals surface area contributed by atoms with Crippen molar-refractivity contribution in [2.45, 2.75) is 57.7 Å². The first kappa shape index (κ1) is 23.4. The second-order valence-corrected chi connectivity index (χ2v) is 10.4. The van der Waals surface area contributed by atoms with Crippen LogP contribution in [0.15, 0.2) is 46.9 Å². The van der Waals surface area contributed by atoms with Gasteiger partial charge in [0.05, 0.1) is 5.69 Å². The lowest BCUT2D eigenvalue weighted by atomic mass is 9.88. The SMILES string of the molecule is Cc1oc(-c2ccc(F)cc2)nc1CN1CCC(c2ccc3c(c2)CN(C2CCCNC2)C3=O)CC1. The normalized spacial score (nSPS) is 21.2. The third-order valence-corrected chi connectivity index (χ3v) is 8.09. The molecule has 6 rings (SSSR count). The zero-order chi connectivity index (χ0) is 24.6. The summed E-state index contributed by atoms with van der Waals surface area (Å²) in [6, 6.07) is 13.1. The van der Waals surface area contributed by atoms with E-state index in [2.05, 4.69) is 33.3 Å². The van der Waals surface area contributed by atoms with Gasteiger partial charge in [-0.25, -0.2) is 9.37 Å². The fraction of sp³-hybridized carbons (Fsp3) is 0.448. The molecule has 2 aromatic carbocycles. The predicted octanol–water partition coefficient (Wildman–Crippen LogP) is 4.88. The quantitative estimate of drug-likeness (QED) is 0.555. The van der Waals surface area contributed by atoms with Crippen molar-refractivity contribution >= 4 is 5.91 Å². The van der Waals surface area contributed by atoms with Crippen molar-refractivity contribution in [3.63, 3.8) is 0 Å². The average Bonchev–Trinajstić information content (AvgIpc) is 3.44. The first-order chi connectivity index (χ1) is 17.5. The van der Waals surface area contributed by atoms with E-state index in [1.807, 2.05) is 6.92 Å². The summed E-state index contributed by atoms with van der Waals surface area (Å²) in [7, 11) is 0. The Kier molecular flexibility index (Phi) is 6.36. The van der Waals surface area contributed by atoms with E-state index in [4.69, 9.17) is 9.40 Å². The van der Waals surface area contributed by atoms with Crippen LogP contribution in [0.1, 0.15) is 64.5 Å². The average molecular weight is 489 g/mol. The highest BCUT2D eigenvalue weighted by atomic mass is 19.1. The summed E-state index contributed by atoms with van der Waals surface area (Å²) in [6.45, 7) is 7.40. The fourth-order valence-electron chi connectivity index (χ4n) is 5.94. The van der Waals surface area contributed by atoms with Crippen molar-refractivity contribution in [2.75, 3.05) is 26.2 Å². The molecule has 2 fully saturated rings. The summed E-state index contributed by atoms with van der Waals surface area (Å²) in [5.74, 6) is 1.81. The number of aryl methyl sites for hydroxylation is 1. The molecule has 1 amide bonds. The number of carbonyl (C=O) groups is 1. The predicted molar refractivity (Wildman–Crippen MR) is 136 cm³/mol. The summed E-state index contributed by atoms with van der Waals surface area (Å²) in [5.41, 5.74) is 5.18. The first-order valence-electron chi connectivity index (χ1n) is 13.1. The van der Waals surface area contributed by atoms with Gasteiger partial charge < -0.3 is 14.6 Å². The molecule has 0 aliphatic carbocycles. The van der Waals surface area contributed by atoms with Crippen LogP contribution in [-0.4, -0.2) is 52.9 Å². The van der Waals surface area contributed by atoms with Gasteiger partial charge in [0.15, 0.2) is 0 Å². The van der Waals surface area contributed by atoms with Crippen LogP contribution in [0.3, 0.4) is 0 Å². The van der Waals surface area contributed by atoms with Gasteiger partial charge in [0, 0.05) is 36.8 Å². The molecule has 1 N–H and O–H groups in total. The Balaban J connectivity index is 1.08. The smallest absolute Gasteiger partial charge is 0.254 e. The molecule has 36 heavy (non-hydrogen) atoms. The molecule has 7 heteroatoms. The Labute approximate surface area is 211 Å². The largest absolute Gasteiger partial charge is 0.441 e. The molecular weight excluding hydrogens is 455 g/mol. The molecule has 6 nitrogen and oxygen atoms in total. The van der Waals surface area contributed by atoms with Crippen molar-refractivity contribution in [3.8, 4) is 11.5 Å². The molecule has 0 radical (unpaired) electrons. The molecule has 1 aromatic heterocycles. The number of oxazole rings is 1. The Hall–Kier alpha value is -3.03. The number of fused-ring (bicyclic) bond motifs is 1. The second kappa shape index (κ2) is 9.79. The number of hydrogen-bond acceptors (Lipinski definition) is 5. The van der Waals surface area contributed by atoms with Crippen LogP contribution in [0.5, 0.6) is 0 Å². The third-order valence-electron chi connectivity index (χ3n) is 8.09. The highest BCUT2D eigenvalue weighted by Crippen LogP contribution is 2.34. The van der Waals surface area contributed by atoms with Gasteiger partial charge in [0.25, 0.3) is 5.91 Å². The van der Waals surface area contributed by atoms with Crippen molar-refractivity contribution in [3.05, 3.63) is 76.4 Å². The van der Waals surface area contributed by atoms with Gasteiger partial charge in [-0.3, -0.25) is 9.69 Å². The molecule has 3 aromatic rings. The van der Waals surface area contributed by atoms with E-state index in [0.717, 1.165) is 87.5 Å². The molecule has 1 unspecified atom stereocenters. The fourth-order valence-corrected chi connectivity index (χ4v) is 5.94. The number of nitrogens with one attached hydrogen (secondary N) is 1. The zero-order valence-corrected chi connectivity index (χ0v) is 20.8.